The fraction of sp³-hybridized carbons (Fsp3) is 0.324. The number of amides is 4. The second kappa shape index (κ2) is 13.8. The predicted molar refractivity (Wildman–Crippen MR) is 175 cm³/mol. The van der Waals surface area contributed by atoms with E-state index in [1.807, 2.05) is 62.4 Å². The molecule has 5 rings (SSSR count). The van der Waals surface area contributed by atoms with Crippen molar-refractivity contribution in [3.05, 3.63) is 95.4 Å². The van der Waals surface area contributed by atoms with Gasteiger partial charge in [-0.05, 0) is 67.7 Å². The van der Waals surface area contributed by atoms with E-state index in [1.54, 1.807) is 36.2 Å². The average molecular weight is 614 g/mol. The van der Waals surface area contributed by atoms with Crippen molar-refractivity contribution in [3.8, 4) is 0 Å². The first-order valence-electron chi connectivity index (χ1n) is 15.1. The Bertz CT molecular complexity index is 1660. The van der Waals surface area contributed by atoms with E-state index in [1.165, 1.54) is 12.1 Å². The van der Waals surface area contributed by atoms with Gasteiger partial charge in [0.15, 0.2) is 0 Å². The second-order valence-corrected chi connectivity index (χ2v) is 11.6. The highest BCUT2D eigenvalue weighted by atomic mass is 19.1. The quantitative estimate of drug-likeness (QED) is 0.224. The number of urea groups is 1. The van der Waals surface area contributed by atoms with Gasteiger partial charge in [0.25, 0.3) is 5.91 Å². The van der Waals surface area contributed by atoms with Gasteiger partial charge in [-0.3, -0.25) is 9.59 Å². The lowest BCUT2D eigenvalue weighted by Crippen LogP contribution is -2.56. The molecule has 1 aliphatic heterocycles. The van der Waals surface area contributed by atoms with E-state index in [0.29, 0.717) is 44.0 Å². The van der Waals surface area contributed by atoms with Crippen LogP contribution in [-0.4, -0.2) is 86.0 Å². The first-order valence-corrected chi connectivity index (χ1v) is 15.1. The largest absolute Gasteiger partial charge is 0.368 e. The normalized spacial score (nSPS) is 14.7. The number of para-hydroxylation sites is 1. The van der Waals surface area contributed by atoms with Crippen LogP contribution in [0.1, 0.15) is 34.3 Å². The van der Waals surface area contributed by atoms with E-state index >= 15 is 0 Å². The van der Waals surface area contributed by atoms with E-state index in [0.717, 1.165) is 27.7 Å². The van der Waals surface area contributed by atoms with Crippen LogP contribution in [0.15, 0.2) is 72.9 Å². The van der Waals surface area contributed by atoms with Crippen molar-refractivity contribution in [2.24, 2.45) is 0 Å². The van der Waals surface area contributed by atoms with Gasteiger partial charge in [-0.2, -0.15) is 0 Å². The molecule has 1 aliphatic rings. The van der Waals surface area contributed by atoms with Crippen LogP contribution in [0, 0.1) is 5.82 Å². The number of aromatic amines is 1. The number of H-pyrrole nitrogens is 1. The Morgan fingerprint density at radius 3 is 2.38 bits per heavy atom. The summed E-state index contributed by atoms with van der Waals surface area (Å²) in [5.74, 6) is -1.47. The number of nitrogens with zero attached hydrogens (tertiary/aromatic N) is 3. The van der Waals surface area contributed by atoms with Crippen LogP contribution in [0.3, 0.4) is 0 Å². The maximum Gasteiger partial charge on any atom is 0.318 e. The van der Waals surface area contributed by atoms with Gasteiger partial charge >= 0.3 is 6.03 Å². The Morgan fingerprint density at radius 1 is 0.978 bits per heavy atom. The number of hydrogen-bond donors (Lipinski definition) is 4. The fourth-order valence-corrected chi connectivity index (χ4v) is 5.81. The third-order valence-electron chi connectivity index (χ3n) is 8.24. The van der Waals surface area contributed by atoms with E-state index in [2.05, 4.69) is 25.8 Å². The van der Waals surface area contributed by atoms with Crippen LogP contribution in [0.25, 0.3) is 10.9 Å². The molecule has 0 unspecified atom stereocenters. The molecule has 0 aliphatic carbocycles. The minimum Gasteiger partial charge on any atom is -0.368 e. The maximum atomic E-state index is 14.1. The zero-order chi connectivity index (χ0) is 32.1. The number of carbonyl (C=O) groups is 3. The number of carbonyl (C=O) groups excluding carboxylic acids is 3. The summed E-state index contributed by atoms with van der Waals surface area (Å²) in [5, 5.41) is 9.59. The lowest BCUT2D eigenvalue weighted by atomic mass is 9.92. The molecule has 2 atom stereocenters. The van der Waals surface area contributed by atoms with E-state index in [4.69, 9.17) is 0 Å². The summed E-state index contributed by atoms with van der Waals surface area (Å²) in [5.41, 5.74) is 4.34. The number of nitrogens with one attached hydrogen (secondary N) is 4. The van der Waals surface area contributed by atoms with Gasteiger partial charge in [0, 0.05) is 68.5 Å². The first kappa shape index (κ1) is 31.5. The van der Waals surface area contributed by atoms with Crippen LogP contribution in [0.4, 0.5) is 20.6 Å². The molecule has 4 N–H and O–H groups in total. The van der Waals surface area contributed by atoms with Crippen molar-refractivity contribution < 1.29 is 18.8 Å². The van der Waals surface area contributed by atoms with Crippen molar-refractivity contribution in [3.63, 3.8) is 0 Å². The minimum absolute atomic E-state index is 0.294. The lowest BCUT2D eigenvalue weighted by Gasteiger charge is -2.37. The molecule has 1 fully saturated rings. The van der Waals surface area contributed by atoms with Gasteiger partial charge in [0.1, 0.15) is 11.9 Å². The van der Waals surface area contributed by atoms with Gasteiger partial charge in [-0.15, -0.1) is 0 Å². The van der Waals surface area contributed by atoms with Gasteiger partial charge in [-0.1, -0.05) is 31.2 Å². The molecule has 0 bridgehead atoms. The molecule has 11 heteroatoms. The molecule has 0 spiro atoms. The summed E-state index contributed by atoms with van der Waals surface area (Å²) in [6.07, 6.45) is 1.87. The Hall–Kier alpha value is -4.90. The first-order chi connectivity index (χ1) is 21.6. The van der Waals surface area contributed by atoms with E-state index in [-0.39, 0.29) is 17.8 Å². The van der Waals surface area contributed by atoms with Crippen molar-refractivity contribution in [2.75, 3.05) is 57.5 Å². The molecule has 2 heterocycles. The summed E-state index contributed by atoms with van der Waals surface area (Å²) in [6.45, 7) is 4.55. The van der Waals surface area contributed by atoms with Crippen LogP contribution < -0.4 is 20.9 Å². The maximum absolute atomic E-state index is 14.1. The van der Waals surface area contributed by atoms with Crippen molar-refractivity contribution >= 4 is 40.1 Å². The zero-order valence-corrected chi connectivity index (χ0v) is 26.1. The molecule has 45 heavy (non-hydrogen) atoms. The van der Waals surface area contributed by atoms with Crippen molar-refractivity contribution in [1.82, 2.24) is 25.4 Å². The van der Waals surface area contributed by atoms with Crippen LogP contribution >= 0.6 is 0 Å². The molecule has 4 aromatic rings. The third kappa shape index (κ3) is 7.26. The molecule has 1 saturated heterocycles. The van der Waals surface area contributed by atoms with Gasteiger partial charge < -0.3 is 35.6 Å². The summed E-state index contributed by atoms with van der Waals surface area (Å²) in [6, 6.07) is 18.2. The molecule has 0 saturated carbocycles. The smallest absolute Gasteiger partial charge is 0.318 e. The number of piperazine rings is 1. The number of halogens is 1. The Kier molecular flexibility index (Phi) is 9.68. The highest BCUT2D eigenvalue weighted by Gasteiger charge is 2.33. The second-order valence-electron chi connectivity index (χ2n) is 11.6. The molecule has 10 nitrogen and oxygen atoms in total. The Balaban J connectivity index is 1.39. The molecular weight excluding hydrogens is 573 g/mol. The number of rotatable bonds is 9. The van der Waals surface area contributed by atoms with Gasteiger partial charge in [0.2, 0.25) is 5.91 Å². The van der Waals surface area contributed by atoms with Crippen LogP contribution in [0.2, 0.25) is 0 Å². The average Bonchev–Trinajstić information content (AvgIpc) is 3.47. The lowest BCUT2D eigenvalue weighted by molar-refractivity contribution is -0.118. The number of hydrogen-bond acceptors (Lipinski definition) is 5. The third-order valence-corrected chi connectivity index (χ3v) is 8.24. The number of aromatic nitrogens is 1. The highest BCUT2D eigenvalue weighted by Crippen LogP contribution is 2.29. The zero-order valence-electron chi connectivity index (χ0n) is 26.1. The number of benzene rings is 3. The van der Waals surface area contributed by atoms with Gasteiger partial charge in [-0.25, -0.2) is 9.18 Å². The monoisotopic (exact) mass is 613 g/mol. The van der Waals surface area contributed by atoms with E-state index < -0.39 is 17.9 Å². The standard InChI is InChI=1S/C34H40FN7O3/c1-22(28-20-37-29-8-6-5-7-26(28)29)31(33(44)38-30-19-23(21-40(3)4)9-14-27(30)32(43)36-2)39-34(45)42-17-15-41(16-18-42)25-12-10-24(35)11-13-25/h5-14,19-20,22,31,37H,15-18,21H2,1-4H3,(H,36,43)(H,38,44)(H,39,45)/t22-,31-/m1/s1. The summed E-state index contributed by atoms with van der Waals surface area (Å²) >= 11 is 0. The van der Waals surface area contributed by atoms with E-state index in [9.17, 15) is 18.8 Å². The Morgan fingerprint density at radius 2 is 1.69 bits per heavy atom. The topological polar surface area (TPSA) is 113 Å². The molecule has 236 valence electrons. The van der Waals surface area contributed by atoms with Crippen molar-refractivity contribution in [1.29, 1.82) is 0 Å². The van der Waals surface area contributed by atoms with Crippen molar-refractivity contribution in [2.45, 2.75) is 25.4 Å². The molecular formula is C34H40FN7O3. The number of fused-ring (bicyclic) bond motifs is 1. The highest BCUT2D eigenvalue weighted by molar-refractivity contribution is 6.06. The molecule has 0 radical (unpaired) electrons. The summed E-state index contributed by atoms with van der Waals surface area (Å²) in [7, 11) is 5.43. The molecule has 4 amide bonds. The van der Waals surface area contributed by atoms with Gasteiger partial charge in [0.05, 0.1) is 11.3 Å². The fourth-order valence-electron chi connectivity index (χ4n) is 5.81. The SMILES string of the molecule is CNC(=O)c1ccc(CN(C)C)cc1NC(=O)[C@H](NC(=O)N1CCN(c2ccc(F)cc2)CC1)[C@H](C)c1c[nH]c2ccccc12. The number of anilines is 2. The summed E-state index contributed by atoms with van der Waals surface area (Å²) < 4.78 is 13.4. The Labute approximate surface area is 262 Å². The molecule has 1 aromatic heterocycles. The molecule has 3 aromatic carbocycles. The summed E-state index contributed by atoms with van der Waals surface area (Å²) in [4.78, 5) is 49.6. The minimum atomic E-state index is -0.957. The van der Waals surface area contributed by atoms with Crippen LogP contribution in [0.5, 0.6) is 0 Å². The van der Waals surface area contributed by atoms with Crippen LogP contribution in [-0.2, 0) is 11.3 Å². The predicted octanol–water partition coefficient (Wildman–Crippen LogP) is 4.37.